The number of carbonyl (C=O) groups excluding carboxylic acids is 1. The van der Waals surface area contributed by atoms with Crippen LogP contribution in [-0.4, -0.2) is 22.2 Å². The van der Waals surface area contributed by atoms with Crippen molar-refractivity contribution in [2.24, 2.45) is 0 Å². The molecule has 1 aromatic heterocycles. The molecule has 1 aliphatic carbocycles. The molecule has 98 valence electrons. The highest BCUT2D eigenvalue weighted by Gasteiger charge is 2.25. The molecule has 0 bridgehead atoms. The molecule has 5 heteroatoms. The molecule has 0 atom stereocenters. The van der Waals surface area contributed by atoms with Crippen LogP contribution in [0.5, 0.6) is 0 Å². The standard InChI is InChI=1S/C13H19N3O2/c1-2-3-8-14-12(17)9-16-13(18)7-6-11(15-16)10-4-5-10/h6-7,10H,2-5,8-9H2,1H3,(H,14,17). The Bertz CT molecular complexity index is 477. The maximum absolute atomic E-state index is 11.6. The van der Waals surface area contributed by atoms with Crippen molar-refractivity contribution >= 4 is 5.91 Å². The zero-order valence-corrected chi connectivity index (χ0v) is 10.7. The second-order valence-electron chi connectivity index (χ2n) is 4.73. The Morgan fingerprint density at radius 1 is 1.50 bits per heavy atom. The van der Waals surface area contributed by atoms with E-state index in [2.05, 4.69) is 17.3 Å². The van der Waals surface area contributed by atoms with Gasteiger partial charge in [-0.15, -0.1) is 0 Å². The van der Waals surface area contributed by atoms with Crippen molar-refractivity contribution in [3.05, 3.63) is 28.2 Å². The maximum Gasteiger partial charge on any atom is 0.267 e. The number of nitrogens with zero attached hydrogens (tertiary/aromatic N) is 2. The second kappa shape index (κ2) is 5.80. The van der Waals surface area contributed by atoms with E-state index in [-0.39, 0.29) is 18.0 Å². The predicted molar refractivity (Wildman–Crippen MR) is 68.4 cm³/mol. The zero-order chi connectivity index (χ0) is 13.0. The van der Waals surface area contributed by atoms with Gasteiger partial charge in [0.15, 0.2) is 0 Å². The maximum atomic E-state index is 11.6. The summed E-state index contributed by atoms with van der Waals surface area (Å²) in [6.45, 7) is 2.74. The van der Waals surface area contributed by atoms with E-state index < -0.39 is 0 Å². The number of hydrogen-bond acceptors (Lipinski definition) is 3. The van der Waals surface area contributed by atoms with E-state index in [4.69, 9.17) is 0 Å². The van der Waals surface area contributed by atoms with Crippen LogP contribution < -0.4 is 10.9 Å². The summed E-state index contributed by atoms with van der Waals surface area (Å²) in [4.78, 5) is 23.2. The average molecular weight is 249 g/mol. The molecule has 1 saturated carbocycles. The molecule has 0 radical (unpaired) electrons. The Balaban J connectivity index is 1.97. The first-order chi connectivity index (χ1) is 8.70. The largest absolute Gasteiger partial charge is 0.354 e. The van der Waals surface area contributed by atoms with Gasteiger partial charge in [-0.05, 0) is 25.3 Å². The van der Waals surface area contributed by atoms with Crippen LogP contribution in [0.4, 0.5) is 0 Å². The van der Waals surface area contributed by atoms with Gasteiger partial charge in [0, 0.05) is 18.5 Å². The van der Waals surface area contributed by atoms with E-state index in [1.165, 1.54) is 10.7 Å². The summed E-state index contributed by atoms with van der Waals surface area (Å²) < 4.78 is 1.26. The fourth-order valence-corrected chi connectivity index (χ4v) is 1.77. The SMILES string of the molecule is CCCCNC(=O)Cn1nc(C2CC2)ccc1=O. The number of hydrogen-bond donors (Lipinski definition) is 1. The van der Waals surface area contributed by atoms with Crippen molar-refractivity contribution in [2.45, 2.75) is 45.1 Å². The molecule has 0 saturated heterocycles. The quantitative estimate of drug-likeness (QED) is 0.766. The molecular weight excluding hydrogens is 230 g/mol. The highest BCUT2D eigenvalue weighted by Crippen LogP contribution is 2.38. The minimum absolute atomic E-state index is 0.0170. The van der Waals surface area contributed by atoms with Crippen LogP contribution in [0.1, 0.15) is 44.2 Å². The van der Waals surface area contributed by atoms with Crippen molar-refractivity contribution in [1.29, 1.82) is 0 Å². The van der Waals surface area contributed by atoms with Gasteiger partial charge in [-0.1, -0.05) is 13.3 Å². The van der Waals surface area contributed by atoms with E-state index in [0.29, 0.717) is 12.5 Å². The summed E-state index contributed by atoms with van der Waals surface area (Å²) in [6, 6.07) is 3.27. The van der Waals surface area contributed by atoms with Crippen molar-refractivity contribution < 1.29 is 4.79 Å². The number of aromatic nitrogens is 2. The molecule has 5 nitrogen and oxygen atoms in total. The van der Waals surface area contributed by atoms with Gasteiger partial charge >= 0.3 is 0 Å². The van der Waals surface area contributed by atoms with Crippen LogP contribution in [0.15, 0.2) is 16.9 Å². The molecule has 18 heavy (non-hydrogen) atoms. The Labute approximate surface area is 106 Å². The molecule has 1 amide bonds. The predicted octanol–water partition coefficient (Wildman–Crippen LogP) is 1.04. The first kappa shape index (κ1) is 12.8. The van der Waals surface area contributed by atoms with Crippen LogP contribution in [0.2, 0.25) is 0 Å². The number of carbonyl (C=O) groups is 1. The van der Waals surface area contributed by atoms with Crippen molar-refractivity contribution in [3.63, 3.8) is 0 Å². The highest BCUT2D eigenvalue weighted by molar-refractivity contribution is 5.75. The third-order valence-electron chi connectivity index (χ3n) is 3.03. The first-order valence-corrected chi connectivity index (χ1v) is 6.55. The van der Waals surface area contributed by atoms with Crippen molar-refractivity contribution in [1.82, 2.24) is 15.1 Å². The lowest BCUT2D eigenvalue weighted by atomic mass is 10.3. The summed E-state index contributed by atoms with van der Waals surface area (Å²) in [7, 11) is 0. The molecule has 0 aliphatic heterocycles. The molecule has 1 N–H and O–H groups in total. The zero-order valence-electron chi connectivity index (χ0n) is 10.7. The van der Waals surface area contributed by atoms with Crippen LogP contribution in [0.3, 0.4) is 0 Å². The molecule has 0 unspecified atom stereocenters. The molecule has 2 rings (SSSR count). The third kappa shape index (κ3) is 3.42. The summed E-state index contributed by atoms with van der Waals surface area (Å²) in [5.74, 6) is 0.339. The average Bonchev–Trinajstić information content (AvgIpc) is 3.16. The Hall–Kier alpha value is -1.65. The van der Waals surface area contributed by atoms with Crippen LogP contribution >= 0.6 is 0 Å². The Morgan fingerprint density at radius 3 is 2.94 bits per heavy atom. The fraction of sp³-hybridized carbons (Fsp3) is 0.615. The minimum atomic E-state index is -0.218. The third-order valence-corrected chi connectivity index (χ3v) is 3.03. The molecule has 0 spiro atoms. The summed E-state index contributed by atoms with van der Waals surface area (Å²) in [6.07, 6.45) is 4.26. The summed E-state index contributed by atoms with van der Waals surface area (Å²) >= 11 is 0. The fourth-order valence-electron chi connectivity index (χ4n) is 1.77. The molecule has 0 aromatic carbocycles. The number of amides is 1. The Morgan fingerprint density at radius 2 is 2.28 bits per heavy atom. The van der Waals surface area contributed by atoms with E-state index in [9.17, 15) is 9.59 Å². The summed E-state index contributed by atoms with van der Waals surface area (Å²) in [5, 5.41) is 7.03. The van der Waals surface area contributed by atoms with E-state index >= 15 is 0 Å². The van der Waals surface area contributed by atoms with Gasteiger partial charge in [0.05, 0.1) is 5.69 Å². The van der Waals surface area contributed by atoms with E-state index in [1.807, 2.05) is 0 Å². The van der Waals surface area contributed by atoms with Gasteiger partial charge in [0.25, 0.3) is 5.56 Å². The lowest BCUT2D eigenvalue weighted by Gasteiger charge is -2.07. The van der Waals surface area contributed by atoms with Crippen LogP contribution in [0, 0.1) is 0 Å². The molecular formula is C13H19N3O2. The van der Waals surface area contributed by atoms with Gasteiger partial charge < -0.3 is 5.32 Å². The van der Waals surface area contributed by atoms with Gasteiger partial charge in [0.2, 0.25) is 5.91 Å². The normalized spacial score (nSPS) is 14.5. The van der Waals surface area contributed by atoms with E-state index in [0.717, 1.165) is 31.4 Å². The Kier molecular flexibility index (Phi) is 4.12. The molecule has 1 aromatic rings. The van der Waals surface area contributed by atoms with Gasteiger partial charge in [-0.3, -0.25) is 9.59 Å². The first-order valence-electron chi connectivity index (χ1n) is 6.55. The highest BCUT2D eigenvalue weighted by atomic mass is 16.2. The van der Waals surface area contributed by atoms with Gasteiger partial charge in [-0.2, -0.15) is 5.10 Å². The molecule has 1 fully saturated rings. The number of nitrogens with one attached hydrogen (secondary N) is 1. The second-order valence-corrected chi connectivity index (χ2v) is 4.73. The lowest BCUT2D eigenvalue weighted by Crippen LogP contribution is -2.34. The van der Waals surface area contributed by atoms with E-state index in [1.54, 1.807) is 6.07 Å². The summed E-state index contributed by atoms with van der Waals surface area (Å²) in [5.41, 5.74) is 0.709. The number of rotatable bonds is 6. The monoisotopic (exact) mass is 249 g/mol. The van der Waals surface area contributed by atoms with Crippen LogP contribution in [0.25, 0.3) is 0 Å². The smallest absolute Gasteiger partial charge is 0.267 e. The van der Waals surface area contributed by atoms with Gasteiger partial charge in [0.1, 0.15) is 6.54 Å². The van der Waals surface area contributed by atoms with Crippen LogP contribution in [-0.2, 0) is 11.3 Å². The van der Waals surface area contributed by atoms with Crippen molar-refractivity contribution in [3.8, 4) is 0 Å². The molecule has 1 aliphatic rings. The van der Waals surface area contributed by atoms with Gasteiger partial charge in [-0.25, -0.2) is 4.68 Å². The minimum Gasteiger partial charge on any atom is -0.354 e. The molecule has 1 heterocycles. The van der Waals surface area contributed by atoms with Crippen molar-refractivity contribution in [2.75, 3.05) is 6.54 Å². The number of unbranched alkanes of at least 4 members (excludes halogenated alkanes) is 1. The lowest BCUT2D eigenvalue weighted by molar-refractivity contribution is -0.121. The topological polar surface area (TPSA) is 64.0 Å².